The van der Waals surface area contributed by atoms with Crippen molar-refractivity contribution in [3.8, 4) is 22.8 Å². The molecule has 0 saturated heterocycles. The minimum Gasteiger partial charge on any atom is -0.493 e. The fourth-order valence-corrected chi connectivity index (χ4v) is 3.25. The Morgan fingerprint density at radius 2 is 1.74 bits per heavy atom. The molecule has 0 radical (unpaired) electrons. The molecule has 0 spiro atoms. The summed E-state index contributed by atoms with van der Waals surface area (Å²) in [5.41, 5.74) is 3.97. The Balaban J connectivity index is 2.17. The summed E-state index contributed by atoms with van der Waals surface area (Å²) in [6.07, 6.45) is 2.09. The number of hydrogen-bond donors (Lipinski definition) is 0. The van der Waals surface area contributed by atoms with Gasteiger partial charge in [0.05, 0.1) is 30.9 Å². The molecule has 0 atom stereocenters. The molecule has 0 saturated carbocycles. The zero-order valence-corrected chi connectivity index (χ0v) is 13.8. The lowest BCUT2D eigenvalue weighted by Gasteiger charge is -2.14. The van der Waals surface area contributed by atoms with E-state index in [1.54, 1.807) is 14.2 Å². The molecule has 0 fully saturated rings. The molecule has 2 aliphatic rings. The van der Waals surface area contributed by atoms with Gasteiger partial charge < -0.3 is 14.0 Å². The molecular formula is C18H15ClN2O2. The van der Waals surface area contributed by atoms with E-state index in [2.05, 4.69) is 10.8 Å². The van der Waals surface area contributed by atoms with Gasteiger partial charge in [0.15, 0.2) is 11.5 Å². The van der Waals surface area contributed by atoms with Gasteiger partial charge >= 0.3 is 0 Å². The topological polar surface area (TPSA) is 36.3 Å². The zero-order chi connectivity index (χ0) is 16.1. The Labute approximate surface area is 138 Å². The quantitative estimate of drug-likeness (QED) is 0.544. The van der Waals surface area contributed by atoms with Crippen LogP contribution in [0.4, 0.5) is 0 Å². The Bertz CT molecular complexity index is 1020. The summed E-state index contributed by atoms with van der Waals surface area (Å²) in [4.78, 5) is 4.78. The lowest BCUT2D eigenvalue weighted by molar-refractivity contribution is 0.355. The predicted molar refractivity (Wildman–Crippen MR) is 93.0 cm³/mol. The minimum absolute atomic E-state index is 0.688. The van der Waals surface area contributed by atoms with Crippen LogP contribution in [-0.2, 0) is 7.05 Å². The average Bonchev–Trinajstić information content (AvgIpc) is 2.91. The summed E-state index contributed by atoms with van der Waals surface area (Å²) in [6, 6.07) is 9.75. The highest BCUT2D eigenvalue weighted by Crippen LogP contribution is 2.41. The molecule has 2 aliphatic heterocycles. The van der Waals surface area contributed by atoms with Crippen LogP contribution in [-0.4, -0.2) is 23.8 Å². The summed E-state index contributed by atoms with van der Waals surface area (Å²) < 4.78 is 12.9. The Kier molecular flexibility index (Phi) is 3.10. The standard InChI is InChI=1S/C18H15ClN2O2/c1-21-9-13-11-5-4-10(19)6-14(11)20-18(13)12-7-16(22-2)17(23-3)8-15(12)21/h4-9H,1-3H3. The van der Waals surface area contributed by atoms with Crippen LogP contribution in [0.15, 0.2) is 36.5 Å². The van der Waals surface area contributed by atoms with Gasteiger partial charge in [-0.3, -0.25) is 0 Å². The van der Waals surface area contributed by atoms with Crippen molar-refractivity contribution in [1.29, 1.82) is 0 Å². The van der Waals surface area contributed by atoms with Gasteiger partial charge in [-0.2, -0.15) is 0 Å². The number of aryl methyl sites for hydroxylation is 1. The highest BCUT2D eigenvalue weighted by atomic mass is 35.5. The van der Waals surface area contributed by atoms with Crippen LogP contribution in [0.5, 0.6) is 11.5 Å². The predicted octanol–water partition coefficient (Wildman–Crippen LogP) is 4.50. The van der Waals surface area contributed by atoms with Gasteiger partial charge in [-0.1, -0.05) is 17.7 Å². The number of rotatable bonds is 2. The summed E-state index contributed by atoms with van der Waals surface area (Å²) in [5, 5.41) is 2.81. The third kappa shape index (κ3) is 2.02. The molecular weight excluding hydrogens is 312 g/mol. The molecule has 0 N–H and O–H groups in total. The van der Waals surface area contributed by atoms with Gasteiger partial charge in [-0.05, 0) is 18.2 Å². The summed E-state index contributed by atoms with van der Waals surface area (Å²) in [6.45, 7) is 0. The first-order chi connectivity index (χ1) is 11.1. The third-order valence-electron chi connectivity index (χ3n) is 4.20. The van der Waals surface area contributed by atoms with Gasteiger partial charge in [0.2, 0.25) is 0 Å². The Morgan fingerprint density at radius 1 is 1.00 bits per heavy atom. The van der Waals surface area contributed by atoms with Crippen LogP contribution in [0.2, 0.25) is 5.02 Å². The van der Waals surface area contributed by atoms with Crippen LogP contribution in [0, 0.1) is 0 Å². The molecule has 0 amide bonds. The molecule has 2 aromatic carbocycles. The van der Waals surface area contributed by atoms with Crippen LogP contribution in [0.1, 0.15) is 0 Å². The smallest absolute Gasteiger partial charge is 0.162 e. The molecule has 4 nitrogen and oxygen atoms in total. The fraction of sp³-hybridized carbons (Fsp3) is 0.167. The molecule has 0 aromatic heterocycles. The summed E-state index contributed by atoms with van der Waals surface area (Å²) in [5.74, 6) is 1.40. The third-order valence-corrected chi connectivity index (χ3v) is 4.43. The molecule has 0 bridgehead atoms. The monoisotopic (exact) mass is 326 g/mol. The van der Waals surface area contributed by atoms with Crippen molar-refractivity contribution < 1.29 is 9.47 Å². The second kappa shape index (κ2) is 5.03. The van der Waals surface area contributed by atoms with Gasteiger partial charge in [0.25, 0.3) is 0 Å². The van der Waals surface area contributed by atoms with Crippen molar-refractivity contribution in [2.24, 2.45) is 7.05 Å². The maximum Gasteiger partial charge on any atom is 0.162 e. The first kappa shape index (κ1) is 14.2. The molecule has 2 aromatic rings. The number of halogens is 1. The number of methoxy groups -OCH3 is 2. The van der Waals surface area contributed by atoms with E-state index in [9.17, 15) is 0 Å². The van der Waals surface area contributed by atoms with Gasteiger partial charge in [-0.25, -0.2) is 4.98 Å². The second-order valence-electron chi connectivity index (χ2n) is 5.50. The van der Waals surface area contributed by atoms with Crippen molar-refractivity contribution in [2.75, 3.05) is 14.2 Å². The van der Waals surface area contributed by atoms with Gasteiger partial charge in [0, 0.05) is 40.7 Å². The van der Waals surface area contributed by atoms with Crippen molar-refractivity contribution in [2.45, 2.75) is 0 Å². The highest BCUT2D eigenvalue weighted by Gasteiger charge is 2.19. The summed E-state index contributed by atoms with van der Waals surface area (Å²) >= 11 is 6.10. The first-order valence-electron chi connectivity index (χ1n) is 7.22. The van der Waals surface area contributed by atoms with E-state index in [1.807, 2.05) is 37.4 Å². The first-order valence-corrected chi connectivity index (χ1v) is 7.60. The molecule has 2 heterocycles. The van der Waals surface area contributed by atoms with E-state index in [1.165, 1.54) is 0 Å². The van der Waals surface area contributed by atoms with Crippen molar-refractivity contribution >= 4 is 33.4 Å². The number of aromatic nitrogens is 2. The van der Waals surface area contributed by atoms with Crippen molar-refractivity contribution in [3.05, 3.63) is 41.6 Å². The Hall–Kier alpha value is -2.46. The molecule has 4 rings (SSSR count). The fourth-order valence-electron chi connectivity index (χ4n) is 3.08. The van der Waals surface area contributed by atoms with Crippen LogP contribution in [0.25, 0.3) is 33.1 Å². The number of ether oxygens (including phenoxy) is 2. The molecule has 0 aliphatic carbocycles. The number of benzene rings is 2. The minimum atomic E-state index is 0.688. The normalized spacial score (nSPS) is 11.5. The van der Waals surface area contributed by atoms with Crippen molar-refractivity contribution in [1.82, 2.24) is 9.55 Å². The molecule has 5 heteroatoms. The maximum absolute atomic E-state index is 6.10. The van der Waals surface area contributed by atoms with Crippen LogP contribution < -0.4 is 9.47 Å². The largest absolute Gasteiger partial charge is 0.493 e. The van der Waals surface area contributed by atoms with Gasteiger partial charge in [0.1, 0.15) is 0 Å². The average molecular weight is 327 g/mol. The van der Waals surface area contributed by atoms with E-state index < -0.39 is 0 Å². The SMILES string of the molecule is COc1cc2c3nc4cc(Cl)ccc4c-3cn(C)c2cc1OC. The molecule has 0 unspecified atom stereocenters. The van der Waals surface area contributed by atoms with E-state index >= 15 is 0 Å². The maximum atomic E-state index is 6.10. The van der Waals surface area contributed by atoms with Crippen molar-refractivity contribution in [3.63, 3.8) is 0 Å². The highest BCUT2D eigenvalue weighted by molar-refractivity contribution is 6.31. The number of nitrogens with zero attached hydrogens (tertiary/aromatic N) is 2. The summed E-state index contributed by atoms with van der Waals surface area (Å²) in [7, 11) is 5.29. The lowest BCUT2D eigenvalue weighted by Crippen LogP contribution is -1.98. The number of fused-ring (bicyclic) bond motifs is 5. The van der Waals surface area contributed by atoms with E-state index in [4.69, 9.17) is 26.1 Å². The van der Waals surface area contributed by atoms with E-state index in [-0.39, 0.29) is 0 Å². The second-order valence-corrected chi connectivity index (χ2v) is 5.94. The van der Waals surface area contributed by atoms with Crippen LogP contribution >= 0.6 is 11.6 Å². The molecule has 23 heavy (non-hydrogen) atoms. The van der Waals surface area contributed by atoms with E-state index in [0.29, 0.717) is 16.5 Å². The van der Waals surface area contributed by atoms with Gasteiger partial charge in [-0.15, -0.1) is 0 Å². The zero-order valence-electron chi connectivity index (χ0n) is 13.1. The number of pyridine rings is 1. The lowest BCUT2D eigenvalue weighted by atomic mass is 10.0. The molecule has 116 valence electrons. The number of hydrogen-bond acceptors (Lipinski definition) is 3. The Morgan fingerprint density at radius 3 is 2.48 bits per heavy atom. The van der Waals surface area contributed by atoms with Crippen LogP contribution in [0.3, 0.4) is 0 Å². The van der Waals surface area contributed by atoms with E-state index in [0.717, 1.165) is 33.1 Å².